The Hall–Kier alpha value is -2.67. The fourth-order valence-electron chi connectivity index (χ4n) is 1.70. The third-order valence-electron chi connectivity index (χ3n) is 2.77. The number of nitrogens with one attached hydrogen (secondary N) is 1. The SMILES string of the molecule is Cc1ccc(Cl)cc1Nc1cc(C(=O)O)c([N+](=O)[O-])cn1. The summed E-state index contributed by atoms with van der Waals surface area (Å²) < 4.78 is 0. The zero-order chi connectivity index (χ0) is 15.6. The molecular weight excluding hydrogens is 298 g/mol. The van der Waals surface area contributed by atoms with Crippen molar-refractivity contribution in [2.45, 2.75) is 6.92 Å². The van der Waals surface area contributed by atoms with Gasteiger partial charge in [0, 0.05) is 16.8 Å². The van der Waals surface area contributed by atoms with Crippen molar-refractivity contribution < 1.29 is 14.8 Å². The number of aryl methyl sites for hydroxylation is 1. The first-order valence-electron chi connectivity index (χ1n) is 5.79. The van der Waals surface area contributed by atoms with Gasteiger partial charge in [-0.3, -0.25) is 10.1 Å². The average molecular weight is 308 g/mol. The van der Waals surface area contributed by atoms with E-state index in [4.69, 9.17) is 16.7 Å². The summed E-state index contributed by atoms with van der Waals surface area (Å²) in [5.41, 5.74) is 0.518. The zero-order valence-electron chi connectivity index (χ0n) is 10.8. The molecule has 1 aromatic heterocycles. The van der Waals surface area contributed by atoms with E-state index in [9.17, 15) is 14.9 Å². The molecule has 0 atom stereocenters. The minimum atomic E-state index is -1.39. The molecule has 0 spiro atoms. The quantitative estimate of drug-likeness (QED) is 0.662. The first kappa shape index (κ1) is 14.7. The van der Waals surface area contributed by atoms with Crippen molar-refractivity contribution >= 4 is 34.8 Å². The van der Waals surface area contributed by atoms with Crippen molar-refractivity contribution in [2.24, 2.45) is 0 Å². The van der Waals surface area contributed by atoms with E-state index in [1.54, 1.807) is 18.2 Å². The molecule has 0 aliphatic heterocycles. The summed E-state index contributed by atoms with van der Waals surface area (Å²) in [7, 11) is 0. The van der Waals surface area contributed by atoms with E-state index in [1.165, 1.54) is 0 Å². The van der Waals surface area contributed by atoms with Crippen LogP contribution in [0.25, 0.3) is 0 Å². The standard InChI is InChI=1S/C13H10ClN3O4/c1-7-2-3-8(14)4-10(7)16-12-5-9(13(18)19)11(6-15-12)17(20)21/h2-6H,1H3,(H,15,16)(H,18,19). The van der Waals surface area contributed by atoms with Crippen molar-refractivity contribution in [3.8, 4) is 0 Å². The number of carbonyl (C=O) groups is 1. The van der Waals surface area contributed by atoms with E-state index in [2.05, 4.69) is 10.3 Å². The molecule has 108 valence electrons. The van der Waals surface area contributed by atoms with Crippen molar-refractivity contribution in [3.05, 3.63) is 56.7 Å². The molecule has 0 bridgehead atoms. The van der Waals surface area contributed by atoms with Crippen LogP contribution in [0.3, 0.4) is 0 Å². The number of nitrogens with zero attached hydrogens (tertiary/aromatic N) is 2. The van der Waals surface area contributed by atoms with E-state index in [-0.39, 0.29) is 5.82 Å². The lowest BCUT2D eigenvalue weighted by atomic mass is 10.2. The van der Waals surface area contributed by atoms with Crippen molar-refractivity contribution in [1.82, 2.24) is 4.98 Å². The summed E-state index contributed by atoms with van der Waals surface area (Å²) in [6, 6.07) is 6.27. The van der Waals surface area contributed by atoms with Crippen LogP contribution >= 0.6 is 11.6 Å². The Kier molecular flexibility index (Phi) is 4.04. The van der Waals surface area contributed by atoms with Crippen LogP contribution in [0.5, 0.6) is 0 Å². The second kappa shape index (κ2) is 5.76. The first-order valence-corrected chi connectivity index (χ1v) is 6.17. The van der Waals surface area contributed by atoms with Crippen LogP contribution in [-0.4, -0.2) is 21.0 Å². The monoisotopic (exact) mass is 307 g/mol. The maximum absolute atomic E-state index is 11.1. The van der Waals surface area contributed by atoms with Gasteiger partial charge in [0.25, 0.3) is 0 Å². The van der Waals surface area contributed by atoms with Crippen LogP contribution in [0.15, 0.2) is 30.5 Å². The van der Waals surface area contributed by atoms with Crippen LogP contribution in [-0.2, 0) is 0 Å². The van der Waals surface area contributed by atoms with Crippen LogP contribution in [0, 0.1) is 17.0 Å². The highest BCUT2D eigenvalue weighted by Crippen LogP contribution is 2.26. The minimum absolute atomic E-state index is 0.184. The van der Waals surface area contributed by atoms with E-state index < -0.39 is 22.1 Å². The number of hydrogen-bond acceptors (Lipinski definition) is 5. The summed E-state index contributed by atoms with van der Waals surface area (Å²) in [5.74, 6) is -1.21. The number of carboxylic acid groups (broad SMARTS) is 1. The molecule has 0 fully saturated rings. The van der Waals surface area contributed by atoms with Gasteiger partial charge in [0.1, 0.15) is 17.6 Å². The van der Waals surface area contributed by atoms with Crippen LogP contribution in [0.2, 0.25) is 5.02 Å². The summed E-state index contributed by atoms with van der Waals surface area (Å²) in [6.07, 6.45) is 0.908. The number of hydrogen-bond donors (Lipinski definition) is 2. The summed E-state index contributed by atoms with van der Waals surface area (Å²) in [6.45, 7) is 1.84. The predicted molar refractivity (Wildman–Crippen MR) is 77.3 cm³/mol. The topological polar surface area (TPSA) is 105 Å². The van der Waals surface area contributed by atoms with Gasteiger partial charge in [-0.2, -0.15) is 0 Å². The van der Waals surface area contributed by atoms with Gasteiger partial charge in [0.05, 0.1) is 4.92 Å². The van der Waals surface area contributed by atoms with Crippen LogP contribution < -0.4 is 5.32 Å². The summed E-state index contributed by atoms with van der Waals surface area (Å²) in [5, 5.41) is 23.2. The van der Waals surface area contributed by atoms with E-state index in [0.29, 0.717) is 10.7 Å². The third-order valence-corrected chi connectivity index (χ3v) is 3.01. The van der Waals surface area contributed by atoms with Gasteiger partial charge in [-0.1, -0.05) is 17.7 Å². The van der Waals surface area contributed by atoms with Crippen molar-refractivity contribution in [2.75, 3.05) is 5.32 Å². The number of nitro groups is 1. The largest absolute Gasteiger partial charge is 0.477 e. The molecular formula is C13H10ClN3O4. The number of anilines is 2. The highest BCUT2D eigenvalue weighted by atomic mass is 35.5. The lowest BCUT2D eigenvalue weighted by Gasteiger charge is -2.09. The lowest BCUT2D eigenvalue weighted by molar-refractivity contribution is -0.385. The highest BCUT2D eigenvalue weighted by molar-refractivity contribution is 6.30. The number of benzene rings is 1. The molecule has 0 saturated heterocycles. The Bertz CT molecular complexity index is 733. The fourth-order valence-corrected chi connectivity index (χ4v) is 1.87. The number of pyridine rings is 1. The molecule has 1 aromatic carbocycles. The van der Waals surface area contributed by atoms with Crippen LogP contribution in [0.4, 0.5) is 17.2 Å². The molecule has 2 aromatic rings. The van der Waals surface area contributed by atoms with E-state index in [0.717, 1.165) is 17.8 Å². The van der Waals surface area contributed by atoms with Gasteiger partial charge >= 0.3 is 11.7 Å². The molecule has 0 saturated carbocycles. The van der Waals surface area contributed by atoms with Gasteiger partial charge in [-0.15, -0.1) is 0 Å². The first-order chi connectivity index (χ1) is 9.88. The maximum Gasteiger partial charge on any atom is 0.342 e. The highest BCUT2D eigenvalue weighted by Gasteiger charge is 2.21. The third kappa shape index (κ3) is 3.26. The molecule has 0 amide bonds. The van der Waals surface area contributed by atoms with Gasteiger partial charge in [0.15, 0.2) is 0 Å². The van der Waals surface area contributed by atoms with Crippen LogP contribution in [0.1, 0.15) is 15.9 Å². The zero-order valence-corrected chi connectivity index (χ0v) is 11.6. The Labute approximate surface area is 124 Å². The molecule has 2 rings (SSSR count). The smallest absolute Gasteiger partial charge is 0.342 e. The lowest BCUT2D eigenvalue weighted by Crippen LogP contribution is -2.05. The molecule has 1 heterocycles. The van der Waals surface area contributed by atoms with Crippen molar-refractivity contribution in [3.63, 3.8) is 0 Å². The molecule has 7 nitrogen and oxygen atoms in total. The number of rotatable bonds is 4. The summed E-state index contributed by atoms with van der Waals surface area (Å²) in [4.78, 5) is 24.9. The maximum atomic E-state index is 11.1. The number of aromatic nitrogens is 1. The number of carboxylic acids is 1. The minimum Gasteiger partial charge on any atom is -0.477 e. The second-order valence-electron chi connectivity index (χ2n) is 4.23. The Morgan fingerprint density at radius 3 is 2.76 bits per heavy atom. The Balaban J connectivity index is 2.41. The molecule has 0 radical (unpaired) electrons. The van der Waals surface area contributed by atoms with Gasteiger partial charge in [0.2, 0.25) is 0 Å². The second-order valence-corrected chi connectivity index (χ2v) is 4.67. The number of aromatic carboxylic acids is 1. The van der Waals surface area contributed by atoms with E-state index in [1.807, 2.05) is 6.92 Å². The van der Waals surface area contributed by atoms with Crippen molar-refractivity contribution in [1.29, 1.82) is 0 Å². The summed E-state index contributed by atoms with van der Waals surface area (Å²) >= 11 is 5.89. The molecule has 0 aliphatic carbocycles. The fraction of sp³-hybridized carbons (Fsp3) is 0.0769. The molecule has 8 heteroatoms. The average Bonchev–Trinajstić information content (AvgIpc) is 2.42. The molecule has 0 unspecified atom stereocenters. The van der Waals surface area contributed by atoms with Gasteiger partial charge in [-0.25, -0.2) is 9.78 Å². The van der Waals surface area contributed by atoms with E-state index >= 15 is 0 Å². The molecule has 21 heavy (non-hydrogen) atoms. The number of halogens is 1. The Morgan fingerprint density at radius 2 is 2.14 bits per heavy atom. The predicted octanol–water partition coefficient (Wildman–Crippen LogP) is 3.39. The normalized spacial score (nSPS) is 10.2. The molecule has 0 aliphatic rings. The van der Waals surface area contributed by atoms with Gasteiger partial charge < -0.3 is 10.4 Å². The van der Waals surface area contributed by atoms with Gasteiger partial charge in [-0.05, 0) is 24.6 Å². The Morgan fingerprint density at radius 1 is 1.43 bits per heavy atom. The molecule has 2 N–H and O–H groups in total.